The summed E-state index contributed by atoms with van der Waals surface area (Å²) in [7, 11) is 0. The lowest BCUT2D eigenvalue weighted by Gasteiger charge is -2.48. The Morgan fingerprint density at radius 3 is 2.35 bits per heavy atom. The Morgan fingerprint density at radius 2 is 1.75 bits per heavy atom. The third kappa shape index (κ3) is 2.35. The molecule has 2 aromatic rings. The van der Waals surface area contributed by atoms with Crippen molar-refractivity contribution in [2.24, 2.45) is 5.73 Å². The fourth-order valence-corrected chi connectivity index (χ4v) is 3.87. The maximum atomic E-state index is 6.36. The van der Waals surface area contributed by atoms with E-state index in [0.29, 0.717) is 17.5 Å². The van der Waals surface area contributed by atoms with Crippen molar-refractivity contribution in [3.63, 3.8) is 0 Å². The van der Waals surface area contributed by atoms with Crippen molar-refractivity contribution in [2.75, 3.05) is 6.54 Å². The second-order valence-electron chi connectivity index (χ2n) is 5.62. The molecular formula is C17H17Cl2N. The second kappa shape index (κ2) is 5.40. The van der Waals surface area contributed by atoms with Gasteiger partial charge in [-0.1, -0.05) is 59.6 Å². The van der Waals surface area contributed by atoms with Gasteiger partial charge in [0, 0.05) is 22.0 Å². The highest BCUT2D eigenvalue weighted by Crippen LogP contribution is 2.53. The van der Waals surface area contributed by atoms with E-state index in [0.717, 1.165) is 23.4 Å². The van der Waals surface area contributed by atoms with Gasteiger partial charge in [-0.3, -0.25) is 0 Å². The van der Waals surface area contributed by atoms with Crippen molar-refractivity contribution < 1.29 is 0 Å². The van der Waals surface area contributed by atoms with Crippen LogP contribution in [0, 0.1) is 0 Å². The molecule has 0 bridgehead atoms. The van der Waals surface area contributed by atoms with Crippen molar-refractivity contribution >= 4 is 23.2 Å². The lowest BCUT2D eigenvalue weighted by atomic mass is 9.57. The molecule has 0 heterocycles. The van der Waals surface area contributed by atoms with Crippen molar-refractivity contribution in [1.82, 2.24) is 0 Å². The van der Waals surface area contributed by atoms with Gasteiger partial charge >= 0.3 is 0 Å². The summed E-state index contributed by atoms with van der Waals surface area (Å²) in [5, 5.41) is 1.40. The minimum Gasteiger partial charge on any atom is -0.330 e. The van der Waals surface area contributed by atoms with Crippen LogP contribution in [0.3, 0.4) is 0 Å². The molecule has 0 aromatic heterocycles. The Labute approximate surface area is 129 Å². The average molecular weight is 306 g/mol. The van der Waals surface area contributed by atoms with Crippen molar-refractivity contribution in [3.8, 4) is 0 Å². The van der Waals surface area contributed by atoms with Gasteiger partial charge in [0.15, 0.2) is 0 Å². The summed E-state index contributed by atoms with van der Waals surface area (Å²) in [4.78, 5) is 0. The van der Waals surface area contributed by atoms with Crippen LogP contribution in [-0.4, -0.2) is 6.54 Å². The summed E-state index contributed by atoms with van der Waals surface area (Å²) in [5.74, 6) is 0.575. The van der Waals surface area contributed by atoms with Crippen LogP contribution in [0.25, 0.3) is 0 Å². The lowest BCUT2D eigenvalue weighted by Crippen LogP contribution is -2.46. The molecule has 3 heteroatoms. The molecule has 1 nitrogen and oxygen atoms in total. The van der Waals surface area contributed by atoms with Gasteiger partial charge in [0.2, 0.25) is 0 Å². The molecule has 0 atom stereocenters. The standard InChI is InChI=1S/C17H17Cl2N/c18-14-6-7-15(16(19)8-14)17(11-20)9-13(10-17)12-4-2-1-3-5-12/h1-8,13H,9-11,20H2. The number of rotatable bonds is 3. The van der Waals surface area contributed by atoms with Crippen LogP contribution in [-0.2, 0) is 5.41 Å². The van der Waals surface area contributed by atoms with Gasteiger partial charge in [0.05, 0.1) is 0 Å². The molecule has 104 valence electrons. The van der Waals surface area contributed by atoms with E-state index in [1.807, 2.05) is 18.2 Å². The molecule has 0 amide bonds. The Balaban J connectivity index is 1.85. The van der Waals surface area contributed by atoms with Crippen LogP contribution in [0.2, 0.25) is 10.0 Å². The van der Waals surface area contributed by atoms with Crippen LogP contribution < -0.4 is 5.73 Å². The summed E-state index contributed by atoms with van der Waals surface area (Å²) in [6.07, 6.45) is 2.10. The zero-order valence-electron chi connectivity index (χ0n) is 11.2. The van der Waals surface area contributed by atoms with Crippen LogP contribution in [0.4, 0.5) is 0 Å². The molecule has 2 N–H and O–H groups in total. The van der Waals surface area contributed by atoms with Gasteiger partial charge in [0.25, 0.3) is 0 Å². The maximum absolute atomic E-state index is 6.36. The molecule has 0 radical (unpaired) electrons. The molecule has 1 aliphatic rings. The first-order valence-electron chi connectivity index (χ1n) is 6.85. The molecule has 0 unspecified atom stereocenters. The highest BCUT2D eigenvalue weighted by atomic mass is 35.5. The van der Waals surface area contributed by atoms with Crippen molar-refractivity contribution in [1.29, 1.82) is 0 Å². The number of benzene rings is 2. The molecule has 2 aromatic carbocycles. The van der Waals surface area contributed by atoms with Crippen LogP contribution in [0.15, 0.2) is 48.5 Å². The second-order valence-corrected chi connectivity index (χ2v) is 6.47. The topological polar surface area (TPSA) is 26.0 Å². The van der Waals surface area contributed by atoms with E-state index >= 15 is 0 Å². The van der Waals surface area contributed by atoms with E-state index in [1.165, 1.54) is 5.56 Å². The number of nitrogens with two attached hydrogens (primary N) is 1. The first-order chi connectivity index (χ1) is 9.64. The molecule has 20 heavy (non-hydrogen) atoms. The van der Waals surface area contributed by atoms with Crippen LogP contribution in [0.5, 0.6) is 0 Å². The van der Waals surface area contributed by atoms with Gasteiger partial charge in [-0.15, -0.1) is 0 Å². The monoisotopic (exact) mass is 305 g/mol. The van der Waals surface area contributed by atoms with E-state index in [2.05, 4.69) is 30.3 Å². The Hall–Kier alpha value is -1.02. The fourth-order valence-electron chi connectivity index (χ4n) is 3.26. The predicted octanol–water partition coefficient (Wildman–Crippen LogP) is 4.77. The summed E-state index contributed by atoms with van der Waals surface area (Å²) in [5.41, 5.74) is 8.59. The Morgan fingerprint density at radius 1 is 1.05 bits per heavy atom. The number of hydrogen-bond acceptors (Lipinski definition) is 1. The summed E-state index contributed by atoms with van der Waals surface area (Å²) >= 11 is 12.3. The highest BCUT2D eigenvalue weighted by Gasteiger charge is 2.45. The molecule has 1 aliphatic carbocycles. The molecule has 0 saturated heterocycles. The Bertz CT molecular complexity index is 604. The SMILES string of the molecule is NCC1(c2ccc(Cl)cc2Cl)CC(c2ccccc2)C1. The maximum Gasteiger partial charge on any atom is 0.0458 e. The first-order valence-corrected chi connectivity index (χ1v) is 7.61. The van der Waals surface area contributed by atoms with Gasteiger partial charge in [0.1, 0.15) is 0 Å². The molecule has 3 rings (SSSR count). The first kappa shape index (κ1) is 13.9. The van der Waals surface area contributed by atoms with E-state index in [-0.39, 0.29) is 5.41 Å². The summed E-state index contributed by atoms with van der Waals surface area (Å²) in [6, 6.07) is 16.3. The van der Waals surface area contributed by atoms with E-state index in [9.17, 15) is 0 Å². The number of hydrogen-bond donors (Lipinski definition) is 1. The quantitative estimate of drug-likeness (QED) is 0.868. The molecule has 1 saturated carbocycles. The summed E-state index contributed by atoms with van der Waals surface area (Å²) in [6.45, 7) is 0.623. The van der Waals surface area contributed by atoms with Crippen molar-refractivity contribution in [2.45, 2.75) is 24.2 Å². The minimum atomic E-state index is 0.00216. The molecule has 0 aliphatic heterocycles. The normalized spacial score (nSPS) is 25.2. The average Bonchev–Trinajstić information content (AvgIpc) is 2.41. The summed E-state index contributed by atoms with van der Waals surface area (Å²) < 4.78 is 0. The van der Waals surface area contributed by atoms with Gasteiger partial charge in [-0.2, -0.15) is 0 Å². The van der Waals surface area contributed by atoms with Crippen LogP contribution >= 0.6 is 23.2 Å². The Kier molecular flexibility index (Phi) is 3.76. The lowest BCUT2D eigenvalue weighted by molar-refractivity contribution is 0.209. The molecule has 0 spiro atoms. The van der Waals surface area contributed by atoms with Gasteiger partial charge < -0.3 is 5.73 Å². The van der Waals surface area contributed by atoms with E-state index in [1.54, 1.807) is 0 Å². The molecular weight excluding hydrogens is 289 g/mol. The van der Waals surface area contributed by atoms with Gasteiger partial charge in [-0.25, -0.2) is 0 Å². The van der Waals surface area contributed by atoms with E-state index in [4.69, 9.17) is 28.9 Å². The third-order valence-electron chi connectivity index (χ3n) is 4.44. The predicted molar refractivity (Wildman–Crippen MR) is 85.6 cm³/mol. The van der Waals surface area contributed by atoms with Gasteiger partial charge in [-0.05, 0) is 42.0 Å². The largest absolute Gasteiger partial charge is 0.330 e. The fraction of sp³-hybridized carbons (Fsp3) is 0.294. The molecule has 1 fully saturated rings. The van der Waals surface area contributed by atoms with Crippen LogP contribution in [0.1, 0.15) is 29.9 Å². The van der Waals surface area contributed by atoms with E-state index < -0.39 is 0 Å². The van der Waals surface area contributed by atoms with Crippen molar-refractivity contribution in [3.05, 3.63) is 69.7 Å². The third-order valence-corrected chi connectivity index (χ3v) is 4.99. The number of halogens is 2. The minimum absolute atomic E-state index is 0.00216. The zero-order valence-corrected chi connectivity index (χ0v) is 12.7. The smallest absolute Gasteiger partial charge is 0.0458 e. The highest BCUT2D eigenvalue weighted by molar-refractivity contribution is 6.35. The zero-order chi connectivity index (χ0) is 14.2.